The predicted octanol–water partition coefficient (Wildman–Crippen LogP) is 4.00. The highest BCUT2D eigenvalue weighted by Gasteiger charge is 2.26. The van der Waals surface area contributed by atoms with E-state index in [0.29, 0.717) is 21.5 Å². The van der Waals surface area contributed by atoms with Crippen LogP contribution in [-0.4, -0.2) is 39.2 Å². The molecule has 124 valence electrons. The van der Waals surface area contributed by atoms with E-state index in [1.807, 2.05) is 18.2 Å². The SMILES string of the molecule is CN(C1=NC(c2cnc(Cl)s2)CS1)/C(O)=C(\C=O)c1ccccc1. The molecule has 1 unspecified atom stereocenters. The highest BCUT2D eigenvalue weighted by molar-refractivity contribution is 8.14. The van der Waals surface area contributed by atoms with Gasteiger partial charge in [0.15, 0.2) is 15.9 Å². The van der Waals surface area contributed by atoms with Crippen molar-refractivity contribution in [3.05, 3.63) is 57.3 Å². The number of amidine groups is 1. The molecule has 1 atom stereocenters. The molecule has 1 aliphatic rings. The zero-order valence-corrected chi connectivity index (χ0v) is 15.1. The molecular formula is C16H14ClN3O2S2. The van der Waals surface area contributed by atoms with E-state index >= 15 is 0 Å². The van der Waals surface area contributed by atoms with E-state index in [9.17, 15) is 9.90 Å². The summed E-state index contributed by atoms with van der Waals surface area (Å²) >= 11 is 8.79. The average molecular weight is 380 g/mol. The maximum absolute atomic E-state index is 11.4. The maximum atomic E-state index is 11.4. The van der Waals surface area contributed by atoms with Crippen LogP contribution in [0, 0.1) is 0 Å². The van der Waals surface area contributed by atoms with Crippen LogP contribution in [0.5, 0.6) is 0 Å². The molecule has 1 aromatic carbocycles. The molecule has 0 bridgehead atoms. The van der Waals surface area contributed by atoms with Crippen molar-refractivity contribution in [1.82, 2.24) is 9.88 Å². The molecule has 1 aliphatic heterocycles. The quantitative estimate of drug-likeness (QED) is 0.494. The number of aliphatic hydroxyl groups excluding tert-OH is 1. The van der Waals surface area contributed by atoms with Crippen molar-refractivity contribution < 1.29 is 9.90 Å². The number of carbonyl (C=O) groups excluding carboxylic acids is 1. The van der Waals surface area contributed by atoms with Gasteiger partial charge in [-0.15, -0.1) is 11.3 Å². The number of aldehydes is 1. The Balaban J connectivity index is 1.86. The van der Waals surface area contributed by atoms with Gasteiger partial charge in [0.25, 0.3) is 0 Å². The monoisotopic (exact) mass is 379 g/mol. The summed E-state index contributed by atoms with van der Waals surface area (Å²) in [6, 6.07) is 9.00. The molecule has 0 amide bonds. The summed E-state index contributed by atoms with van der Waals surface area (Å²) in [5.74, 6) is 0.623. The molecule has 0 radical (unpaired) electrons. The number of rotatable bonds is 4. The number of aromatic nitrogens is 1. The number of hydrogen-bond donors (Lipinski definition) is 1. The zero-order chi connectivity index (χ0) is 17.1. The molecule has 3 rings (SSSR count). The first-order chi connectivity index (χ1) is 11.6. The Morgan fingerprint density at radius 1 is 1.42 bits per heavy atom. The first kappa shape index (κ1) is 17.0. The van der Waals surface area contributed by atoms with Gasteiger partial charge in [-0.1, -0.05) is 53.7 Å². The van der Waals surface area contributed by atoms with Crippen LogP contribution in [0.15, 0.2) is 47.4 Å². The summed E-state index contributed by atoms with van der Waals surface area (Å²) in [4.78, 5) is 22.6. The van der Waals surface area contributed by atoms with Gasteiger partial charge in [0, 0.05) is 19.0 Å². The van der Waals surface area contributed by atoms with Crippen molar-refractivity contribution in [2.24, 2.45) is 4.99 Å². The van der Waals surface area contributed by atoms with Crippen molar-refractivity contribution >= 4 is 51.7 Å². The minimum atomic E-state index is -0.120. The summed E-state index contributed by atoms with van der Waals surface area (Å²) in [5.41, 5.74) is 0.886. The number of halogens is 1. The van der Waals surface area contributed by atoms with E-state index in [1.54, 1.807) is 25.4 Å². The zero-order valence-electron chi connectivity index (χ0n) is 12.7. The maximum Gasteiger partial charge on any atom is 0.204 e. The topological polar surface area (TPSA) is 65.8 Å². The van der Waals surface area contributed by atoms with Gasteiger partial charge in [-0.3, -0.25) is 14.7 Å². The molecule has 0 fully saturated rings. The van der Waals surface area contributed by atoms with Gasteiger partial charge in [-0.25, -0.2) is 4.98 Å². The van der Waals surface area contributed by atoms with E-state index in [4.69, 9.17) is 11.6 Å². The van der Waals surface area contributed by atoms with Crippen LogP contribution in [0.1, 0.15) is 16.5 Å². The summed E-state index contributed by atoms with van der Waals surface area (Å²) < 4.78 is 0.488. The molecule has 5 nitrogen and oxygen atoms in total. The molecule has 2 aromatic rings. The highest BCUT2D eigenvalue weighted by Crippen LogP contribution is 2.36. The lowest BCUT2D eigenvalue weighted by Crippen LogP contribution is -2.23. The van der Waals surface area contributed by atoms with Crippen LogP contribution in [0.2, 0.25) is 4.47 Å². The lowest BCUT2D eigenvalue weighted by Gasteiger charge is -2.18. The second-order valence-corrected chi connectivity index (χ2v) is 7.67. The van der Waals surface area contributed by atoms with Crippen molar-refractivity contribution in [3.8, 4) is 0 Å². The molecular weight excluding hydrogens is 366 g/mol. The van der Waals surface area contributed by atoms with Gasteiger partial charge in [-0.05, 0) is 5.56 Å². The number of aliphatic imine (C=N–C) groups is 1. The molecule has 24 heavy (non-hydrogen) atoms. The minimum Gasteiger partial charge on any atom is -0.494 e. The predicted molar refractivity (Wildman–Crippen MR) is 99.6 cm³/mol. The second-order valence-electron chi connectivity index (χ2n) is 5.03. The van der Waals surface area contributed by atoms with Gasteiger partial charge in [0.05, 0.1) is 16.5 Å². The smallest absolute Gasteiger partial charge is 0.204 e. The lowest BCUT2D eigenvalue weighted by molar-refractivity contribution is -0.103. The first-order valence-electron chi connectivity index (χ1n) is 7.09. The Kier molecular flexibility index (Phi) is 5.23. The molecule has 0 saturated carbocycles. The van der Waals surface area contributed by atoms with Crippen LogP contribution < -0.4 is 0 Å². The van der Waals surface area contributed by atoms with Gasteiger partial charge < -0.3 is 5.11 Å². The van der Waals surface area contributed by atoms with Crippen molar-refractivity contribution in [3.63, 3.8) is 0 Å². The number of hydrogen-bond acceptors (Lipinski definition) is 7. The molecule has 2 heterocycles. The average Bonchev–Trinajstić information content (AvgIpc) is 3.24. The van der Waals surface area contributed by atoms with Crippen molar-refractivity contribution in [1.29, 1.82) is 0 Å². The number of nitrogens with zero attached hydrogens (tertiary/aromatic N) is 3. The Morgan fingerprint density at radius 3 is 2.79 bits per heavy atom. The molecule has 0 saturated heterocycles. The Morgan fingerprint density at radius 2 is 2.17 bits per heavy atom. The van der Waals surface area contributed by atoms with Crippen molar-refractivity contribution in [2.75, 3.05) is 12.8 Å². The van der Waals surface area contributed by atoms with E-state index in [2.05, 4.69) is 9.98 Å². The molecule has 1 aromatic heterocycles. The standard InChI is InChI=1S/C16H14ClN3O2S2/c1-20(14(22)11(8-21)10-5-3-2-4-6-10)16-19-12(9-23-16)13-7-18-15(17)24-13/h2-8,12,22H,9H2,1H3/b14-11-. The Bertz CT molecular complexity index is 805. The Labute approximate surface area is 152 Å². The number of thioether (sulfide) groups is 1. The summed E-state index contributed by atoms with van der Waals surface area (Å²) in [6.45, 7) is 0. The number of thiazole rings is 1. The minimum absolute atomic E-state index is 0.0401. The number of allylic oxidation sites excluding steroid dienone is 1. The van der Waals surface area contributed by atoms with Crippen LogP contribution >= 0.6 is 34.7 Å². The summed E-state index contributed by atoms with van der Waals surface area (Å²) in [7, 11) is 1.69. The van der Waals surface area contributed by atoms with Gasteiger partial charge in [0.1, 0.15) is 0 Å². The van der Waals surface area contributed by atoms with E-state index in [-0.39, 0.29) is 17.5 Å². The molecule has 8 heteroatoms. The van der Waals surface area contributed by atoms with E-state index in [0.717, 1.165) is 10.6 Å². The molecule has 0 aliphatic carbocycles. The van der Waals surface area contributed by atoms with Gasteiger partial charge >= 0.3 is 0 Å². The number of benzene rings is 1. The van der Waals surface area contributed by atoms with E-state index in [1.165, 1.54) is 28.0 Å². The van der Waals surface area contributed by atoms with Crippen molar-refractivity contribution in [2.45, 2.75) is 6.04 Å². The number of aliphatic hydroxyl groups is 1. The fraction of sp³-hybridized carbons (Fsp3) is 0.188. The van der Waals surface area contributed by atoms with Crippen LogP contribution in [0.3, 0.4) is 0 Å². The molecule has 1 N–H and O–H groups in total. The van der Waals surface area contributed by atoms with Crippen LogP contribution in [0.25, 0.3) is 5.57 Å². The largest absolute Gasteiger partial charge is 0.494 e. The third-order valence-corrected chi connectivity index (χ3v) is 5.84. The first-order valence-corrected chi connectivity index (χ1v) is 9.27. The second kappa shape index (κ2) is 7.38. The Hall–Kier alpha value is -1.83. The third-order valence-electron chi connectivity index (χ3n) is 3.51. The molecule has 0 spiro atoms. The number of carbonyl (C=O) groups is 1. The summed E-state index contributed by atoms with van der Waals surface area (Å²) in [5, 5.41) is 11.2. The van der Waals surface area contributed by atoms with Crippen LogP contribution in [-0.2, 0) is 4.79 Å². The fourth-order valence-electron chi connectivity index (χ4n) is 2.25. The van der Waals surface area contributed by atoms with Crippen LogP contribution in [0.4, 0.5) is 0 Å². The highest BCUT2D eigenvalue weighted by atomic mass is 35.5. The van der Waals surface area contributed by atoms with Gasteiger partial charge in [-0.2, -0.15) is 0 Å². The van der Waals surface area contributed by atoms with Gasteiger partial charge in [0.2, 0.25) is 5.88 Å². The van der Waals surface area contributed by atoms with E-state index < -0.39 is 0 Å². The summed E-state index contributed by atoms with van der Waals surface area (Å²) in [6.07, 6.45) is 2.38. The lowest BCUT2D eigenvalue weighted by atomic mass is 10.1. The third kappa shape index (κ3) is 3.48. The normalized spacial score (nSPS) is 18.1. The fourth-order valence-corrected chi connectivity index (χ4v) is 4.39.